The molecule has 0 radical (unpaired) electrons. The number of carbonyl (C=O) groups is 2. The van der Waals surface area contributed by atoms with Crippen molar-refractivity contribution in [3.05, 3.63) is 0 Å². The van der Waals surface area contributed by atoms with Gasteiger partial charge in [0.1, 0.15) is 0 Å². The van der Waals surface area contributed by atoms with Crippen molar-refractivity contribution in [2.45, 2.75) is 39.4 Å². The smallest absolute Gasteiger partial charge is 0.225 e. The second-order valence-electron chi connectivity index (χ2n) is 5.69. The van der Waals surface area contributed by atoms with E-state index in [1.807, 2.05) is 0 Å². The predicted molar refractivity (Wildman–Crippen MR) is 65.7 cm³/mol. The average molecular weight is 258 g/mol. The van der Waals surface area contributed by atoms with E-state index >= 15 is 0 Å². The molecule has 0 aliphatic carbocycles. The van der Waals surface area contributed by atoms with E-state index in [4.69, 9.17) is 0 Å². The van der Waals surface area contributed by atoms with Crippen LogP contribution in [0.15, 0.2) is 0 Å². The molecule has 0 bridgehead atoms. The van der Waals surface area contributed by atoms with Crippen LogP contribution in [0, 0.1) is 5.41 Å². The first-order valence-corrected chi connectivity index (χ1v) is 6.14. The van der Waals surface area contributed by atoms with E-state index in [2.05, 4.69) is 5.32 Å². The molecule has 18 heavy (non-hydrogen) atoms. The number of aliphatic hydroxyl groups is 2. The Hall–Kier alpha value is -1.14. The van der Waals surface area contributed by atoms with Crippen LogP contribution in [0.4, 0.5) is 0 Å². The highest BCUT2D eigenvalue weighted by Gasteiger charge is 2.32. The molecule has 0 aromatic carbocycles. The van der Waals surface area contributed by atoms with Gasteiger partial charge in [-0.25, -0.2) is 0 Å². The van der Waals surface area contributed by atoms with Crippen LogP contribution in [0.25, 0.3) is 0 Å². The first-order chi connectivity index (χ1) is 8.21. The van der Waals surface area contributed by atoms with E-state index in [0.29, 0.717) is 0 Å². The van der Waals surface area contributed by atoms with Crippen molar-refractivity contribution in [1.82, 2.24) is 10.2 Å². The van der Waals surface area contributed by atoms with Gasteiger partial charge in [0, 0.05) is 31.5 Å². The summed E-state index contributed by atoms with van der Waals surface area (Å²) < 4.78 is 0. The monoisotopic (exact) mass is 258 g/mol. The Morgan fingerprint density at radius 3 is 2.17 bits per heavy atom. The minimum atomic E-state index is -0.863. The molecule has 6 heteroatoms. The molecule has 1 aliphatic rings. The number of nitrogens with one attached hydrogen (secondary N) is 1. The van der Waals surface area contributed by atoms with Crippen LogP contribution in [-0.4, -0.2) is 58.8 Å². The molecule has 2 unspecified atom stereocenters. The third-order valence-electron chi connectivity index (χ3n) is 2.92. The van der Waals surface area contributed by atoms with E-state index in [9.17, 15) is 19.8 Å². The Bertz CT molecular complexity index is 315. The zero-order valence-corrected chi connectivity index (χ0v) is 11.1. The molecule has 0 spiro atoms. The minimum absolute atomic E-state index is 0.100. The SMILES string of the molecule is CC(C)(C)C(=O)NCCC(=O)N1CC(O)C(O)C1. The van der Waals surface area contributed by atoms with Gasteiger partial charge in [-0.1, -0.05) is 20.8 Å². The van der Waals surface area contributed by atoms with Crippen LogP contribution in [0.5, 0.6) is 0 Å². The lowest BCUT2D eigenvalue weighted by molar-refractivity contribution is -0.131. The molecule has 1 saturated heterocycles. The Labute approximate surface area is 107 Å². The van der Waals surface area contributed by atoms with Crippen LogP contribution in [0.2, 0.25) is 0 Å². The molecule has 2 amide bonds. The lowest BCUT2D eigenvalue weighted by Gasteiger charge is -2.19. The molecular formula is C12H22N2O4. The molecule has 1 rings (SSSR count). The van der Waals surface area contributed by atoms with E-state index < -0.39 is 17.6 Å². The third kappa shape index (κ3) is 3.96. The summed E-state index contributed by atoms with van der Waals surface area (Å²) in [7, 11) is 0. The van der Waals surface area contributed by atoms with Crippen LogP contribution in [-0.2, 0) is 9.59 Å². The van der Waals surface area contributed by atoms with Gasteiger partial charge in [-0.05, 0) is 0 Å². The van der Waals surface area contributed by atoms with E-state index in [0.717, 1.165) is 0 Å². The summed E-state index contributed by atoms with van der Waals surface area (Å²) in [4.78, 5) is 24.7. The zero-order valence-electron chi connectivity index (χ0n) is 11.1. The number of rotatable bonds is 3. The topological polar surface area (TPSA) is 89.9 Å². The van der Waals surface area contributed by atoms with Gasteiger partial charge in [0.05, 0.1) is 12.2 Å². The summed E-state index contributed by atoms with van der Waals surface area (Å²) in [5, 5.41) is 21.3. The number of nitrogens with zero attached hydrogens (tertiary/aromatic N) is 1. The molecule has 3 N–H and O–H groups in total. The van der Waals surface area contributed by atoms with Crippen molar-refractivity contribution in [3.8, 4) is 0 Å². The lowest BCUT2D eigenvalue weighted by Crippen LogP contribution is -2.38. The van der Waals surface area contributed by atoms with Crippen molar-refractivity contribution in [3.63, 3.8) is 0 Å². The molecule has 0 saturated carbocycles. The van der Waals surface area contributed by atoms with Crippen molar-refractivity contribution in [2.75, 3.05) is 19.6 Å². The van der Waals surface area contributed by atoms with Gasteiger partial charge in [-0.15, -0.1) is 0 Å². The quantitative estimate of drug-likeness (QED) is 0.612. The van der Waals surface area contributed by atoms with Gasteiger partial charge in [-0.3, -0.25) is 9.59 Å². The summed E-state index contributed by atoms with van der Waals surface area (Å²) >= 11 is 0. The molecule has 6 nitrogen and oxygen atoms in total. The predicted octanol–water partition coefficient (Wildman–Crippen LogP) is -0.897. The van der Waals surface area contributed by atoms with Gasteiger partial charge >= 0.3 is 0 Å². The minimum Gasteiger partial charge on any atom is -0.388 e. The summed E-state index contributed by atoms with van der Waals surface area (Å²) in [5.41, 5.74) is -0.469. The van der Waals surface area contributed by atoms with Crippen LogP contribution in [0.1, 0.15) is 27.2 Å². The number of carbonyl (C=O) groups excluding carboxylic acids is 2. The summed E-state index contributed by atoms with van der Waals surface area (Å²) in [5.74, 6) is -0.267. The van der Waals surface area contributed by atoms with Crippen LogP contribution in [0.3, 0.4) is 0 Å². The molecule has 0 aromatic rings. The highest BCUT2D eigenvalue weighted by molar-refractivity contribution is 5.82. The molecule has 2 atom stereocenters. The summed E-state index contributed by atoms with van der Waals surface area (Å²) in [6.07, 6.45) is -1.54. The number of β-amino-alcohol motifs (C(OH)–C–C–N with tert-alkyl or cyclic N) is 2. The maximum absolute atomic E-state index is 11.7. The number of likely N-dealkylation sites (tertiary alicyclic amines) is 1. The largest absolute Gasteiger partial charge is 0.388 e. The first-order valence-electron chi connectivity index (χ1n) is 6.14. The van der Waals surface area contributed by atoms with E-state index in [-0.39, 0.29) is 37.9 Å². The van der Waals surface area contributed by atoms with Gasteiger partial charge in [0.2, 0.25) is 11.8 Å². The fraction of sp³-hybridized carbons (Fsp3) is 0.833. The van der Waals surface area contributed by atoms with E-state index in [1.54, 1.807) is 20.8 Å². The van der Waals surface area contributed by atoms with Crippen molar-refractivity contribution in [1.29, 1.82) is 0 Å². The van der Waals surface area contributed by atoms with Crippen LogP contribution >= 0.6 is 0 Å². The third-order valence-corrected chi connectivity index (χ3v) is 2.92. The van der Waals surface area contributed by atoms with Crippen molar-refractivity contribution in [2.24, 2.45) is 5.41 Å². The summed E-state index contributed by atoms with van der Waals surface area (Å²) in [6.45, 7) is 6.00. The number of aliphatic hydroxyl groups excluding tert-OH is 2. The van der Waals surface area contributed by atoms with Crippen LogP contribution < -0.4 is 5.32 Å². The molecule has 1 fully saturated rings. The second-order valence-corrected chi connectivity index (χ2v) is 5.69. The van der Waals surface area contributed by atoms with Gasteiger partial charge in [0.25, 0.3) is 0 Å². The maximum Gasteiger partial charge on any atom is 0.225 e. The maximum atomic E-state index is 11.7. The van der Waals surface area contributed by atoms with Gasteiger partial charge in [0.15, 0.2) is 0 Å². The second kappa shape index (κ2) is 5.67. The number of hydrogen-bond donors (Lipinski definition) is 3. The van der Waals surface area contributed by atoms with Crippen molar-refractivity contribution >= 4 is 11.8 Å². The van der Waals surface area contributed by atoms with Crippen molar-refractivity contribution < 1.29 is 19.8 Å². The Kier molecular flexibility index (Phi) is 4.70. The zero-order chi connectivity index (χ0) is 13.9. The number of amides is 2. The molecule has 1 heterocycles. The fourth-order valence-electron chi connectivity index (χ4n) is 1.68. The highest BCUT2D eigenvalue weighted by atomic mass is 16.3. The Morgan fingerprint density at radius 2 is 1.72 bits per heavy atom. The molecular weight excluding hydrogens is 236 g/mol. The highest BCUT2D eigenvalue weighted by Crippen LogP contribution is 2.13. The molecule has 104 valence electrons. The standard InChI is InChI=1S/C12H22N2O4/c1-12(2,3)11(18)13-5-4-10(17)14-6-8(15)9(16)7-14/h8-9,15-16H,4-7H2,1-3H3,(H,13,18). The first kappa shape index (κ1) is 14.9. The van der Waals surface area contributed by atoms with Gasteiger partial charge < -0.3 is 20.4 Å². The fourth-order valence-corrected chi connectivity index (χ4v) is 1.68. The molecule has 0 aromatic heterocycles. The Morgan fingerprint density at radius 1 is 1.22 bits per heavy atom. The average Bonchev–Trinajstić information content (AvgIpc) is 2.57. The number of hydrogen-bond acceptors (Lipinski definition) is 4. The van der Waals surface area contributed by atoms with Gasteiger partial charge in [-0.2, -0.15) is 0 Å². The normalized spacial score (nSPS) is 24.2. The summed E-state index contributed by atoms with van der Waals surface area (Å²) in [6, 6.07) is 0. The molecule has 1 aliphatic heterocycles. The Balaban J connectivity index is 2.28. The lowest BCUT2D eigenvalue weighted by atomic mass is 9.96. The van der Waals surface area contributed by atoms with E-state index in [1.165, 1.54) is 4.90 Å².